The molecule has 0 saturated carbocycles. The van der Waals surface area contributed by atoms with Crippen molar-refractivity contribution in [3.8, 4) is 17.2 Å². The summed E-state index contributed by atoms with van der Waals surface area (Å²) in [7, 11) is 1.66. The number of fused-ring (bicyclic) bond motifs is 1. The Balaban J connectivity index is 1.24. The van der Waals surface area contributed by atoms with E-state index in [-0.39, 0.29) is 0 Å². The Morgan fingerprint density at radius 3 is 2.52 bits per heavy atom. The lowest BCUT2D eigenvalue weighted by molar-refractivity contribution is 0.247. The van der Waals surface area contributed by atoms with Gasteiger partial charge in [0.1, 0.15) is 12.0 Å². The first-order valence-electron chi connectivity index (χ1n) is 10.6. The van der Waals surface area contributed by atoms with Gasteiger partial charge in [-0.3, -0.25) is 9.88 Å². The Morgan fingerprint density at radius 2 is 1.74 bits per heavy atom. The number of hydrogen-bond donors (Lipinski definition) is 0. The molecule has 0 spiro atoms. The summed E-state index contributed by atoms with van der Waals surface area (Å²) in [6.07, 6.45) is 1.77. The lowest BCUT2D eigenvalue weighted by Gasteiger charge is -2.36. The van der Waals surface area contributed by atoms with Crippen LogP contribution in [-0.4, -0.2) is 48.2 Å². The summed E-state index contributed by atoms with van der Waals surface area (Å²) in [4.78, 5) is 14.3. The van der Waals surface area contributed by atoms with E-state index >= 15 is 0 Å². The summed E-state index contributed by atoms with van der Waals surface area (Å²) >= 11 is 0. The van der Waals surface area contributed by atoms with Crippen molar-refractivity contribution in [2.75, 3.05) is 38.2 Å². The van der Waals surface area contributed by atoms with Crippen molar-refractivity contribution in [2.24, 2.45) is 0 Å². The standard InChI is InChI=1S/C25H26N4O2/c1-18-15-24(22-5-3-4-6-23(22)26-18)29-13-11-28(12-14-29)16-20-17-31-25(27-20)19-7-9-21(30-2)10-8-19/h3-10,15,17H,11-14,16H2,1-2H3. The smallest absolute Gasteiger partial charge is 0.226 e. The first-order chi connectivity index (χ1) is 15.2. The van der Waals surface area contributed by atoms with Crippen molar-refractivity contribution in [3.05, 3.63) is 72.2 Å². The Hall–Kier alpha value is -3.38. The van der Waals surface area contributed by atoms with Crippen LogP contribution >= 0.6 is 0 Å². The Morgan fingerprint density at radius 1 is 0.968 bits per heavy atom. The number of pyridine rings is 1. The van der Waals surface area contributed by atoms with E-state index < -0.39 is 0 Å². The molecule has 0 unspecified atom stereocenters. The number of anilines is 1. The second-order valence-electron chi connectivity index (χ2n) is 7.94. The van der Waals surface area contributed by atoms with Gasteiger partial charge >= 0.3 is 0 Å². The molecule has 0 radical (unpaired) electrons. The van der Waals surface area contributed by atoms with E-state index in [0.717, 1.165) is 60.9 Å². The van der Waals surface area contributed by atoms with Crippen LogP contribution in [0.15, 0.2) is 65.3 Å². The molecule has 0 bridgehead atoms. The average molecular weight is 415 g/mol. The van der Waals surface area contributed by atoms with Crippen LogP contribution in [0.25, 0.3) is 22.4 Å². The topological polar surface area (TPSA) is 54.6 Å². The van der Waals surface area contributed by atoms with E-state index in [0.29, 0.717) is 5.89 Å². The summed E-state index contributed by atoms with van der Waals surface area (Å²) in [6.45, 7) is 6.80. The number of aryl methyl sites for hydroxylation is 1. The number of piperazine rings is 1. The van der Waals surface area contributed by atoms with Crippen LogP contribution < -0.4 is 9.64 Å². The molecule has 0 amide bonds. The van der Waals surface area contributed by atoms with Crippen LogP contribution in [0, 0.1) is 6.92 Å². The number of benzene rings is 2. The number of aromatic nitrogens is 2. The fourth-order valence-corrected chi connectivity index (χ4v) is 4.17. The highest BCUT2D eigenvalue weighted by atomic mass is 16.5. The zero-order chi connectivity index (χ0) is 21.2. The molecule has 158 valence electrons. The average Bonchev–Trinajstić information content (AvgIpc) is 3.27. The molecule has 0 N–H and O–H groups in total. The van der Waals surface area contributed by atoms with Gasteiger partial charge in [-0.25, -0.2) is 4.98 Å². The maximum absolute atomic E-state index is 5.72. The van der Waals surface area contributed by atoms with Crippen LogP contribution in [0.1, 0.15) is 11.4 Å². The predicted molar refractivity (Wildman–Crippen MR) is 122 cm³/mol. The number of nitrogens with zero attached hydrogens (tertiary/aromatic N) is 4. The summed E-state index contributed by atoms with van der Waals surface area (Å²) in [5.74, 6) is 1.47. The van der Waals surface area contributed by atoms with E-state index in [2.05, 4.69) is 57.0 Å². The number of para-hydroxylation sites is 1. The van der Waals surface area contributed by atoms with Gasteiger partial charge < -0.3 is 14.1 Å². The first kappa shape index (κ1) is 19.6. The van der Waals surface area contributed by atoms with Gasteiger partial charge in [0.2, 0.25) is 5.89 Å². The van der Waals surface area contributed by atoms with E-state index in [1.807, 2.05) is 24.3 Å². The molecular formula is C25H26N4O2. The SMILES string of the molecule is COc1ccc(-c2nc(CN3CCN(c4cc(C)nc5ccccc45)CC3)co2)cc1. The molecule has 2 aromatic carbocycles. The van der Waals surface area contributed by atoms with Crippen LogP contribution in [0.2, 0.25) is 0 Å². The molecule has 3 heterocycles. The lowest BCUT2D eigenvalue weighted by Crippen LogP contribution is -2.46. The zero-order valence-corrected chi connectivity index (χ0v) is 17.9. The number of oxazole rings is 1. The number of methoxy groups -OCH3 is 1. The highest BCUT2D eigenvalue weighted by Crippen LogP contribution is 2.28. The third-order valence-electron chi connectivity index (χ3n) is 5.81. The molecule has 6 heteroatoms. The van der Waals surface area contributed by atoms with Crippen LogP contribution in [0.5, 0.6) is 5.75 Å². The molecule has 0 atom stereocenters. The minimum atomic E-state index is 0.648. The first-order valence-corrected chi connectivity index (χ1v) is 10.6. The summed E-state index contributed by atoms with van der Waals surface area (Å²) in [5, 5.41) is 1.22. The summed E-state index contributed by atoms with van der Waals surface area (Å²) < 4.78 is 10.9. The van der Waals surface area contributed by atoms with Crippen molar-refractivity contribution in [3.63, 3.8) is 0 Å². The third-order valence-corrected chi connectivity index (χ3v) is 5.81. The highest BCUT2D eigenvalue weighted by Gasteiger charge is 2.20. The molecule has 5 rings (SSSR count). The van der Waals surface area contributed by atoms with Gasteiger partial charge in [0.15, 0.2) is 0 Å². The quantitative estimate of drug-likeness (QED) is 0.478. The fraction of sp³-hybridized carbons (Fsp3) is 0.280. The van der Waals surface area contributed by atoms with Gasteiger partial charge in [-0.1, -0.05) is 18.2 Å². The van der Waals surface area contributed by atoms with E-state index in [1.54, 1.807) is 13.4 Å². The maximum atomic E-state index is 5.72. The third kappa shape index (κ3) is 4.11. The van der Waals surface area contributed by atoms with Crippen LogP contribution in [0.3, 0.4) is 0 Å². The van der Waals surface area contributed by atoms with Gasteiger partial charge in [-0.05, 0) is 43.3 Å². The highest BCUT2D eigenvalue weighted by molar-refractivity contribution is 5.92. The second-order valence-corrected chi connectivity index (χ2v) is 7.94. The molecule has 2 aromatic heterocycles. The minimum absolute atomic E-state index is 0.648. The molecule has 6 nitrogen and oxygen atoms in total. The molecule has 1 aliphatic rings. The molecular weight excluding hydrogens is 388 g/mol. The lowest BCUT2D eigenvalue weighted by atomic mass is 10.1. The van der Waals surface area contributed by atoms with Crippen molar-refractivity contribution in [2.45, 2.75) is 13.5 Å². The van der Waals surface area contributed by atoms with Crippen molar-refractivity contribution < 1.29 is 9.15 Å². The monoisotopic (exact) mass is 414 g/mol. The Labute approximate surface area is 182 Å². The van der Waals surface area contributed by atoms with Crippen LogP contribution in [-0.2, 0) is 6.54 Å². The zero-order valence-electron chi connectivity index (χ0n) is 17.9. The molecule has 1 fully saturated rings. The number of hydrogen-bond acceptors (Lipinski definition) is 6. The minimum Gasteiger partial charge on any atom is -0.497 e. The van der Waals surface area contributed by atoms with Gasteiger partial charge in [0, 0.05) is 55.1 Å². The van der Waals surface area contributed by atoms with Crippen molar-refractivity contribution in [1.82, 2.24) is 14.9 Å². The fourth-order valence-electron chi connectivity index (χ4n) is 4.17. The van der Waals surface area contributed by atoms with E-state index in [4.69, 9.17) is 9.15 Å². The molecule has 4 aromatic rings. The van der Waals surface area contributed by atoms with Crippen LogP contribution in [0.4, 0.5) is 5.69 Å². The molecule has 0 aliphatic carbocycles. The van der Waals surface area contributed by atoms with E-state index in [9.17, 15) is 0 Å². The number of rotatable bonds is 5. The largest absolute Gasteiger partial charge is 0.497 e. The van der Waals surface area contributed by atoms with Gasteiger partial charge in [0.05, 0.1) is 18.3 Å². The summed E-state index contributed by atoms with van der Waals surface area (Å²) in [5.41, 5.74) is 5.32. The normalized spacial score (nSPS) is 14.8. The van der Waals surface area contributed by atoms with E-state index in [1.165, 1.54) is 11.1 Å². The maximum Gasteiger partial charge on any atom is 0.226 e. The number of ether oxygens (including phenoxy) is 1. The predicted octanol–water partition coefficient (Wildman–Crippen LogP) is 4.53. The Kier molecular flexibility index (Phi) is 5.30. The van der Waals surface area contributed by atoms with Gasteiger partial charge in [-0.2, -0.15) is 0 Å². The molecule has 1 aliphatic heterocycles. The van der Waals surface area contributed by atoms with Gasteiger partial charge in [-0.15, -0.1) is 0 Å². The van der Waals surface area contributed by atoms with Crippen molar-refractivity contribution in [1.29, 1.82) is 0 Å². The Bertz CT molecular complexity index is 1180. The van der Waals surface area contributed by atoms with Gasteiger partial charge in [0.25, 0.3) is 0 Å². The van der Waals surface area contributed by atoms with Crippen molar-refractivity contribution >= 4 is 16.6 Å². The second kappa shape index (κ2) is 8.40. The summed E-state index contributed by atoms with van der Waals surface area (Å²) in [6, 6.07) is 18.4. The molecule has 31 heavy (non-hydrogen) atoms. The molecule has 1 saturated heterocycles.